The molecule has 2 atom stereocenters. The van der Waals surface area contributed by atoms with Crippen LogP contribution >= 0.6 is 0 Å². The number of nitrogens with zero attached hydrogens (tertiary/aromatic N) is 1. The number of carbonyl (C=O) groups is 2. The van der Waals surface area contributed by atoms with Gasteiger partial charge in [-0.25, -0.2) is 0 Å². The van der Waals surface area contributed by atoms with E-state index < -0.39 is 5.97 Å². The monoisotopic (exact) mass is 235 g/mol. The van der Waals surface area contributed by atoms with Crippen molar-refractivity contribution < 1.29 is 14.7 Å². The Labute approximate surface area is 101 Å². The van der Waals surface area contributed by atoms with Crippen molar-refractivity contribution >= 4 is 11.9 Å². The Kier molecular flexibility index (Phi) is 3.37. The molecule has 0 saturated carbocycles. The van der Waals surface area contributed by atoms with Crippen molar-refractivity contribution in [3.8, 4) is 11.8 Å². The smallest absolute Gasteiger partial charge is 0.303 e. The number of fused-ring (bicyclic) bond motifs is 2. The van der Waals surface area contributed by atoms with E-state index in [0.29, 0.717) is 0 Å². The third-order valence-corrected chi connectivity index (χ3v) is 3.76. The molecule has 92 valence electrons. The van der Waals surface area contributed by atoms with E-state index in [2.05, 4.69) is 11.8 Å². The lowest BCUT2D eigenvalue weighted by molar-refractivity contribution is -0.139. The maximum absolute atomic E-state index is 11.8. The summed E-state index contributed by atoms with van der Waals surface area (Å²) in [5, 5.41) is 8.82. The van der Waals surface area contributed by atoms with Gasteiger partial charge in [0.1, 0.15) is 0 Å². The quantitative estimate of drug-likeness (QED) is 0.733. The van der Waals surface area contributed by atoms with Crippen LogP contribution in [0.1, 0.15) is 39.0 Å². The van der Waals surface area contributed by atoms with Crippen molar-refractivity contribution in [3.05, 3.63) is 0 Å². The second-order valence-corrected chi connectivity index (χ2v) is 4.91. The van der Waals surface area contributed by atoms with Gasteiger partial charge in [-0.3, -0.25) is 9.59 Å². The molecular formula is C13H17NO3. The van der Waals surface area contributed by atoms with Crippen LogP contribution in [0.25, 0.3) is 0 Å². The Morgan fingerprint density at radius 1 is 1.29 bits per heavy atom. The Balaban J connectivity index is 2.04. The largest absolute Gasteiger partial charge is 0.481 e. The van der Waals surface area contributed by atoms with Crippen molar-refractivity contribution in [3.63, 3.8) is 0 Å². The lowest BCUT2D eigenvalue weighted by Gasteiger charge is -2.37. The van der Waals surface area contributed by atoms with Crippen LogP contribution in [0.3, 0.4) is 0 Å². The number of carbonyl (C=O) groups excluding carboxylic acids is 1. The van der Waals surface area contributed by atoms with Gasteiger partial charge in [0.2, 0.25) is 0 Å². The molecule has 2 bridgehead atoms. The molecule has 1 amide bonds. The van der Waals surface area contributed by atoms with Gasteiger partial charge in [-0.1, -0.05) is 5.92 Å². The predicted octanol–water partition coefficient (Wildman–Crippen LogP) is 1.25. The number of amides is 1. The molecule has 0 aromatic heterocycles. The maximum Gasteiger partial charge on any atom is 0.303 e. The summed E-state index contributed by atoms with van der Waals surface area (Å²) in [5.41, 5.74) is 0. The molecule has 2 fully saturated rings. The van der Waals surface area contributed by atoms with E-state index in [4.69, 9.17) is 5.11 Å². The highest BCUT2D eigenvalue weighted by Gasteiger charge is 2.43. The van der Waals surface area contributed by atoms with Crippen LogP contribution in [0.15, 0.2) is 0 Å². The Morgan fingerprint density at radius 2 is 1.88 bits per heavy atom. The zero-order valence-electron chi connectivity index (χ0n) is 9.98. The Morgan fingerprint density at radius 3 is 2.35 bits per heavy atom. The summed E-state index contributed by atoms with van der Waals surface area (Å²) in [7, 11) is 0. The number of rotatable bonds is 2. The highest BCUT2D eigenvalue weighted by atomic mass is 16.4. The van der Waals surface area contributed by atoms with Gasteiger partial charge in [-0.05, 0) is 44.4 Å². The van der Waals surface area contributed by atoms with Crippen LogP contribution in [0.5, 0.6) is 0 Å². The zero-order chi connectivity index (χ0) is 12.4. The van der Waals surface area contributed by atoms with E-state index in [-0.39, 0.29) is 30.3 Å². The van der Waals surface area contributed by atoms with Crippen LogP contribution in [0.2, 0.25) is 0 Å². The average Bonchev–Trinajstić information content (AvgIpc) is 2.50. The normalized spacial score (nSPS) is 30.6. The SMILES string of the molecule is CC#CC(=O)N1C2CCC1CC(CC(=O)O)C2. The van der Waals surface area contributed by atoms with Gasteiger partial charge in [0.25, 0.3) is 5.91 Å². The van der Waals surface area contributed by atoms with Crippen molar-refractivity contribution in [2.75, 3.05) is 0 Å². The van der Waals surface area contributed by atoms with Gasteiger partial charge in [0.05, 0.1) is 0 Å². The fourth-order valence-corrected chi connectivity index (χ4v) is 3.21. The van der Waals surface area contributed by atoms with Gasteiger partial charge in [0.15, 0.2) is 0 Å². The Hall–Kier alpha value is -1.50. The van der Waals surface area contributed by atoms with E-state index >= 15 is 0 Å². The molecule has 0 aromatic rings. The lowest BCUT2D eigenvalue weighted by Crippen LogP contribution is -2.46. The van der Waals surface area contributed by atoms with Gasteiger partial charge in [-0.15, -0.1) is 0 Å². The number of carboxylic acids is 1. The fraction of sp³-hybridized carbons (Fsp3) is 0.692. The number of carboxylic acid groups (broad SMARTS) is 1. The van der Waals surface area contributed by atoms with Gasteiger partial charge in [-0.2, -0.15) is 0 Å². The summed E-state index contributed by atoms with van der Waals surface area (Å²) in [6.45, 7) is 1.66. The second-order valence-electron chi connectivity index (χ2n) is 4.91. The minimum Gasteiger partial charge on any atom is -0.481 e. The molecular weight excluding hydrogens is 218 g/mol. The molecule has 0 aromatic carbocycles. The number of hydrogen-bond acceptors (Lipinski definition) is 2. The summed E-state index contributed by atoms with van der Waals surface area (Å²) in [4.78, 5) is 24.4. The van der Waals surface area contributed by atoms with E-state index in [1.54, 1.807) is 6.92 Å². The molecule has 0 spiro atoms. The molecule has 2 aliphatic rings. The molecule has 1 N–H and O–H groups in total. The fourth-order valence-electron chi connectivity index (χ4n) is 3.21. The standard InChI is InChI=1S/C13H17NO3/c1-2-3-12(15)14-10-4-5-11(14)7-9(6-10)8-13(16)17/h9-11H,4-8H2,1H3,(H,16,17). The summed E-state index contributed by atoms with van der Waals surface area (Å²) < 4.78 is 0. The summed E-state index contributed by atoms with van der Waals surface area (Å²) in [5.74, 6) is 4.64. The molecule has 2 heterocycles. The van der Waals surface area contributed by atoms with Gasteiger partial charge < -0.3 is 10.0 Å². The first-order chi connectivity index (χ1) is 8.11. The van der Waals surface area contributed by atoms with E-state index in [9.17, 15) is 9.59 Å². The van der Waals surface area contributed by atoms with Crippen molar-refractivity contribution in [1.82, 2.24) is 4.90 Å². The van der Waals surface area contributed by atoms with E-state index in [0.717, 1.165) is 25.7 Å². The van der Waals surface area contributed by atoms with E-state index in [1.165, 1.54) is 0 Å². The molecule has 2 aliphatic heterocycles. The first-order valence-corrected chi connectivity index (χ1v) is 6.08. The highest BCUT2D eigenvalue weighted by Crippen LogP contribution is 2.39. The van der Waals surface area contributed by atoms with Crippen LogP contribution in [0.4, 0.5) is 0 Å². The third-order valence-electron chi connectivity index (χ3n) is 3.76. The summed E-state index contributed by atoms with van der Waals surface area (Å²) >= 11 is 0. The molecule has 2 rings (SSSR count). The summed E-state index contributed by atoms with van der Waals surface area (Å²) in [6.07, 6.45) is 3.87. The van der Waals surface area contributed by atoms with Gasteiger partial charge >= 0.3 is 5.97 Å². The molecule has 2 unspecified atom stereocenters. The van der Waals surface area contributed by atoms with Crippen LogP contribution in [-0.2, 0) is 9.59 Å². The first-order valence-electron chi connectivity index (χ1n) is 6.08. The molecule has 2 saturated heterocycles. The molecule has 0 aliphatic carbocycles. The van der Waals surface area contributed by atoms with Gasteiger partial charge in [0, 0.05) is 18.5 Å². The average molecular weight is 235 g/mol. The van der Waals surface area contributed by atoms with Crippen molar-refractivity contribution in [2.24, 2.45) is 5.92 Å². The minimum atomic E-state index is -0.734. The molecule has 17 heavy (non-hydrogen) atoms. The van der Waals surface area contributed by atoms with Crippen LogP contribution in [0, 0.1) is 17.8 Å². The molecule has 0 radical (unpaired) electrons. The number of aliphatic carboxylic acids is 1. The van der Waals surface area contributed by atoms with Crippen LogP contribution < -0.4 is 0 Å². The lowest BCUT2D eigenvalue weighted by atomic mass is 9.88. The highest BCUT2D eigenvalue weighted by molar-refractivity contribution is 5.94. The van der Waals surface area contributed by atoms with Crippen molar-refractivity contribution in [2.45, 2.75) is 51.1 Å². The number of piperidine rings is 1. The predicted molar refractivity (Wildman–Crippen MR) is 62.1 cm³/mol. The Bertz CT molecular complexity index is 379. The minimum absolute atomic E-state index is 0.0891. The summed E-state index contributed by atoms with van der Waals surface area (Å²) in [6, 6.07) is 0.429. The number of hydrogen-bond donors (Lipinski definition) is 1. The van der Waals surface area contributed by atoms with E-state index in [1.807, 2.05) is 4.90 Å². The third kappa shape index (κ3) is 2.44. The topological polar surface area (TPSA) is 57.6 Å². The molecule has 4 nitrogen and oxygen atoms in total. The molecule has 4 heteroatoms. The van der Waals surface area contributed by atoms with Crippen molar-refractivity contribution in [1.29, 1.82) is 0 Å². The second kappa shape index (κ2) is 4.79. The maximum atomic E-state index is 11.8. The zero-order valence-corrected chi connectivity index (χ0v) is 9.98. The first kappa shape index (κ1) is 12.0. The van der Waals surface area contributed by atoms with Crippen LogP contribution in [-0.4, -0.2) is 34.0 Å².